The Balaban J connectivity index is 1.42. The Kier molecular flexibility index (Phi) is 12.7. The van der Waals surface area contributed by atoms with E-state index in [1.165, 1.54) is 32.9 Å². The van der Waals surface area contributed by atoms with Crippen LogP contribution in [0.5, 0.6) is 0 Å². The largest absolute Gasteiger partial charge is 0.487 e. The lowest BCUT2D eigenvalue weighted by atomic mass is 9.44. The maximum atomic E-state index is 15.6. The highest BCUT2D eigenvalue weighted by molar-refractivity contribution is 5.96. The summed E-state index contributed by atoms with van der Waals surface area (Å²) in [4.78, 5) is 82.9. The molecule has 7 rings (SSSR count). The zero-order valence-corrected chi connectivity index (χ0v) is 37.4. The van der Waals surface area contributed by atoms with Gasteiger partial charge in [0, 0.05) is 44.6 Å². The minimum atomic E-state index is -2.32. The van der Waals surface area contributed by atoms with Crippen molar-refractivity contribution in [1.82, 2.24) is 5.32 Å². The van der Waals surface area contributed by atoms with Crippen LogP contribution >= 0.6 is 0 Å². The predicted molar refractivity (Wildman–Crippen MR) is 231 cm³/mol. The first-order valence-corrected chi connectivity index (χ1v) is 21.5. The minimum Gasteiger partial charge on any atom is -0.487 e. The van der Waals surface area contributed by atoms with Crippen molar-refractivity contribution in [3.05, 3.63) is 131 Å². The van der Waals surface area contributed by atoms with E-state index in [0.717, 1.165) is 6.92 Å². The van der Waals surface area contributed by atoms with Gasteiger partial charge in [0.15, 0.2) is 23.6 Å². The number of Topliss-reactive ketones (excluding diaryl/α,β-unsaturated/α-hetero) is 1. The third kappa shape index (κ3) is 8.14. The highest BCUT2D eigenvalue weighted by atomic mass is 16.6. The standard InChI is InChI=1S/C50H55NO14/c1-27-35(61-28(2)40(62-29(3)52)39(32-18-12-9-13-19-32)51-45(57)33-20-14-10-15-21-33)25-50(59)44(64-46(58)34-22-16-11-17-23-34)42-48(8,36(55)24-37-49(42,26-60-37)65-31(5)54)43(56)41(63-30(4)53)38(27)47(50,6)7/h9-23,35-37,39-42,44,55,59H,2,24-26H2,1,3-8H3,(H,51,57)/t35-,36-,37+,39-,40-,41+,42-,44-,48+,49-,50+/m0/s1. The number of rotatable bonds is 12. The Morgan fingerprint density at radius 1 is 0.815 bits per heavy atom. The van der Waals surface area contributed by atoms with Crippen LogP contribution < -0.4 is 5.32 Å². The maximum absolute atomic E-state index is 15.6. The summed E-state index contributed by atoms with van der Waals surface area (Å²) in [5.41, 5.74) is -6.36. The van der Waals surface area contributed by atoms with Crippen LogP contribution in [0.25, 0.3) is 0 Å². The predicted octanol–water partition coefficient (Wildman–Crippen LogP) is 5.29. The molecule has 1 amide bonds. The molecule has 3 aromatic carbocycles. The van der Waals surface area contributed by atoms with Gasteiger partial charge in [-0.1, -0.05) is 87.2 Å². The number of ketones is 1. The van der Waals surface area contributed by atoms with E-state index < -0.39 is 113 Å². The number of carbonyl (C=O) groups excluding carboxylic acids is 6. The van der Waals surface area contributed by atoms with Crippen molar-refractivity contribution in [3.8, 4) is 0 Å². The van der Waals surface area contributed by atoms with E-state index >= 15 is 4.79 Å². The third-order valence-electron chi connectivity index (χ3n) is 13.9. The number of ether oxygens (including phenoxy) is 6. The summed E-state index contributed by atoms with van der Waals surface area (Å²) >= 11 is 0. The van der Waals surface area contributed by atoms with E-state index in [-0.39, 0.29) is 29.9 Å². The molecule has 1 heterocycles. The quantitative estimate of drug-likeness (QED) is 0.0914. The Labute approximate surface area is 377 Å². The molecule has 0 radical (unpaired) electrons. The molecule has 0 aromatic heterocycles. The number of nitrogens with one attached hydrogen (secondary N) is 1. The Morgan fingerprint density at radius 2 is 1.40 bits per heavy atom. The summed E-state index contributed by atoms with van der Waals surface area (Å²) in [6.07, 6.45) is -9.36. The van der Waals surface area contributed by atoms with E-state index in [0.29, 0.717) is 16.7 Å². The summed E-state index contributed by atoms with van der Waals surface area (Å²) in [7, 11) is 0. The number of hydrogen-bond donors (Lipinski definition) is 3. The van der Waals surface area contributed by atoms with Gasteiger partial charge >= 0.3 is 23.9 Å². The molecule has 11 atom stereocenters. The second kappa shape index (κ2) is 17.7. The van der Waals surface area contributed by atoms with Gasteiger partial charge in [-0.3, -0.25) is 24.0 Å². The van der Waals surface area contributed by atoms with Crippen LogP contribution in [0, 0.1) is 16.7 Å². The van der Waals surface area contributed by atoms with Crippen LogP contribution in [0.1, 0.15) is 93.6 Å². The number of aliphatic hydroxyl groups is 2. The van der Waals surface area contributed by atoms with Gasteiger partial charge in [-0.2, -0.15) is 0 Å². The third-order valence-corrected chi connectivity index (χ3v) is 13.9. The molecule has 0 unspecified atom stereocenters. The first kappa shape index (κ1) is 46.8. The van der Waals surface area contributed by atoms with Crippen molar-refractivity contribution in [3.63, 3.8) is 0 Å². The number of carbonyl (C=O) groups is 6. The summed E-state index contributed by atoms with van der Waals surface area (Å²) < 4.78 is 37.1. The lowest BCUT2D eigenvalue weighted by Gasteiger charge is -2.67. The number of hydrogen-bond acceptors (Lipinski definition) is 14. The molecular weight excluding hydrogens is 839 g/mol. The maximum Gasteiger partial charge on any atom is 0.338 e. The van der Waals surface area contributed by atoms with Crippen molar-refractivity contribution in [2.75, 3.05) is 6.61 Å². The average Bonchev–Trinajstić information content (AvgIpc) is 3.26. The highest BCUT2D eigenvalue weighted by Gasteiger charge is 2.78. The van der Waals surface area contributed by atoms with Gasteiger partial charge in [0.25, 0.3) is 5.91 Å². The van der Waals surface area contributed by atoms with Crippen molar-refractivity contribution in [2.45, 2.75) is 115 Å². The Bertz CT molecular complexity index is 2400. The summed E-state index contributed by atoms with van der Waals surface area (Å²) in [5, 5.41) is 29.0. The van der Waals surface area contributed by atoms with Gasteiger partial charge in [-0.15, -0.1) is 0 Å². The van der Waals surface area contributed by atoms with Crippen LogP contribution in [0.3, 0.4) is 0 Å². The number of fused-ring (bicyclic) bond motifs is 5. The molecule has 4 aliphatic rings. The van der Waals surface area contributed by atoms with E-state index in [9.17, 15) is 34.2 Å². The van der Waals surface area contributed by atoms with Crippen LogP contribution in [0.2, 0.25) is 0 Å². The molecule has 2 saturated carbocycles. The molecule has 15 heteroatoms. The molecule has 65 heavy (non-hydrogen) atoms. The monoisotopic (exact) mass is 893 g/mol. The van der Waals surface area contributed by atoms with E-state index in [2.05, 4.69) is 11.9 Å². The van der Waals surface area contributed by atoms with Crippen LogP contribution in [-0.2, 0) is 47.6 Å². The normalized spacial score (nSPS) is 30.8. The number of aliphatic hydroxyl groups excluding tert-OH is 1. The molecule has 1 aliphatic heterocycles. The topological polar surface area (TPSA) is 210 Å². The molecule has 3 N–H and O–H groups in total. The van der Waals surface area contributed by atoms with Gasteiger partial charge in [-0.05, 0) is 54.8 Å². The number of amides is 1. The second-order valence-corrected chi connectivity index (χ2v) is 18.1. The second-order valence-electron chi connectivity index (χ2n) is 18.1. The fraction of sp³-hybridized carbons (Fsp3) is 0.440. The summed E-state index contributed by atoms with van der Waals surface area (Å²) in [6, 6.07) is 24.0. The fourth-order valence-corrected chi connectivity index (χ4v) is 10.6. The fourth-order valence-electron chi connectivity index (χ4n) is 10.6. The van der Waals surface area contributed by atoms with E-state index in [4.69, 9.17) is 28.4 Å². The van der Waals surface area contributed by atoms with E-state index in [1.807, 2.05) is 0 Å². The van der Waals surface area contributed by atoms with Crippen molar-refractivity contribution in [2.24, 2.45) is 16.7 Å². The lowest BCUT2D eigenvalue weighted by molar-refractivity contribution is -0.346. The molecule has 2 bridgehead atoms. The number of benzene rings is 3. The number of esters is 4. The van der Waals surface area contributed by atoms with Gasteiger partial charge in [0.2, 0.25) is 0 Å². The molecule has 0 spiro atoms. The van der Waals surface area contributed by atoms with Gasteiger partial charge in [-0.25, -0.2) is 4.79 Å². The Hall–Kier alpha value is -6.16. The van der Waals surface area contributed by atoms with Gasteiger partial charge in [0.05, 0.1) is 35.6 Å². The molecule has 1 saturated heterocycles. The molecule has 15 nitrogen and oxygen atoms in total. The first-order chi connectivity index (χ1) is 30.7. The van der Waals surface area contributed by atoms with Gasteiger partial charge in [0.1, 0.15) is 29.7 Å². The molecule has 3 aliphatic carbocycles. The molecule has 3 aromatic rings. The average molecular weight is 894 g/mol. The first-order valence-electron chi connectivity index (χ1n) is 21.5. The zero-order valence-electron chi connectivity index (χ0n) is 37.4. The summed E-state index contributed by atoms with van der Waals surface area (Å²) in [5.74, 6) is -6.26. The minimum absolute atomic E-state index is 0.0893. The molecule has 344 valence electrons. The lowest BCUT2D eigenvalue weighted by Crippen LogP contribution is -2.82. The van der Waals surface area contributed by atoms with Crippen LogP contribution in [0.4, 0.5) is 0 Å². The highest BCUT2D eigenvalue weighted by Crippen LogP contribution is 2.64. The van der Waals surface area contributed by atoms with Gasteiger partial charge < -0.3 is 44.0 Å². The molecule has 3 fully saturated rings. The smallest absolute Gasteiger partial charge is 0.338 e. The SMILES string of the molecule is C=C(O[C@H]1C[C@@]2(O)[C@@H](OC(=O)c3ccccc3)[C@@H]3[C@]4(OC(C)=O)CO[C@@H]4C[C@H](O)[C@@]3(C)C(=O)[C@H](OC(C)=O)C(=C1C)C2(C)C)[C@H](OC(C)=O)[C@@H](NC(=O)c1ccccc1)c1ccccc1. The van der Waals surface area contributed by atoms with E-state index in [1.54, 1.807) is 99.6 Å². The van der Waals surface area contributed by atoms with Crippen molar-refractivity contribution in [1.29, 1.82) is 0 Å². The Morgan fingerprint density at radius 3 is 1.94 bits per heavy atom. The van der Waals surface area contributed by atoms with Crippen molar-refractivity contribution < 1.29 is 67.4 Å². The zero-order chi connectivity index (χ0) is 47.2. The molecular formula is C50H55NO14. The summed E-state index contributed by atoms with van der Waals surface area (Å²) in [6.45, 7) is 13.7. The van der Waals surface area contributed by atoms with Crippen LogP contribution in [0.15, 0.2) is 114 Å². The van der Waals surface area contributed by atoms with Crippen molar-refractivity contribution >= 4 is 35.6 Å². The van der Waals surface area contributed by atoms with Crippen LogP contribution in [-0.4, -0.2) is 100 Å².